The van der Waals surface area contributed by atoms with Crippen molar-refractivity contribution in [3.63, 3.8) is 0 Å². The average Bonchev–Trinajstić information content (AvgIpc) is 2.54. The maximum absolute atomic E-state index is 13.3. The van der Waals surface area contributed by atoms with Gasteiger partial charge in [0.25, 0.3) is 0 Å². The van der Waals surface area contributed by atoms with Gasteiger partial charge in [0.15, 0.2) is 11.6 Å². The Morgan fingerprint density at radius 1 is 1.04 bits per heavy atom. The zero-order valence-corrected chi connectivity index (χ0v) is 12.7. The fraction of sp³-hybridized carbons (Fsp3) is 0.235. The summed E-state index contributed by atoms with van der Waals surface area (Å²) in [6.45, 7) is -2.82. The van der Waals surface area contributed by atoms with Crippen molar-refractivity contribution in [3.8, 4) is 11.5 Å². The van der Waals surface area contributed by atoms with E-state index in [1.165, 1.54) is 30.3 Å². The first-order valence-electron chi connectivity index (χ1n) is 7.27. The molecule has 2 aromatic rings. The number of rotatable bonds is 8. The third-order valence-electron chi connectivity index (χ3n) is 3.02. The molecule has 1 amide bonds. The van der Waals surface area contributed by atoms with Gasteiger partial charge in [0, 0.05) is 6.42 Å². The van der Waals surface area contributed by atoms with Gasteiger partial charge in [-0.15, -0.1) is 0 Å². The minimum atomic E-state index is -2.97. The highest BCUT2D eigenvalue weighted by molar-refractivity contribution is 5.92. The number of nitrogens with one attached hydrogen (secondary N) is 1. The maximum Gasteiger partial charge on any atom is 0.387 e. The highest BCUT2D eigenvalue weighted by Gasteiger charge is 2.11. The van der Waals surface area contributed by atoms with Gasteiger partial charge in [0.05, 0.1) is 12.3 Å². The summed E-state index contributed by atoms with van der Waals surface area (Å²) in [5, 5.41) is 2.50. The van der Waals surface area contributed by atoms with E-state index in [0.717, 1.165) is 0 Å². The van der Waals surface area contributed by atoms with E-state index in [4.69, 9.17) is 4.74 Å². The van der Waals surface area contributed by atoms with Crippen molar-refractivity contribution in [1.82, 2.24) is 0 Å². The van der Waals surface area contributed by atoms with E-state index < -0.39 is 12.4 Å². The van der Waals surface area contributed by atoms with Gasteiger partial charge >= 0.3 is 6.61 Å². The first-order chi connectivity index (χ1) is 11.6. The van der Waals surface area contributed by atoms with Gasteiger partial charge in [-0.1, -0.05) is 24.3 Å². The van der Waals surface area contributed by atoms with E-state index in [-0.39, 0.29) is 36.1 Å². The summed E-state index contributed by atoms with van der Waals surface area (Å²) in [5.74, 6) is -0.838. The molecule has 0 aliphatic heterocycles. The molecule has 128 valence electrons. The number of para-hydroxylation sites is 3. The van der Waals surface area contributed by atoms with Crippen LogP contribution in [0.4, 0.5) is 18.9 Å². The molecule has 0 saturated heterocycles. The summed E-state index contributed by atoms with van der Waals surface area (Å²) in [7, 11) is 0. The molecule has 0 aliphatic rings. The van der Waals surface area contributed by atoms with Gasteiger partial charge in [0.1, 0.15) is 5.75 Å². The SMILES string of the molecule is O=C(CCCOc1ccccc1F)Nc1ccccc1OC(F)F. The molecule has 0 spiro atoms. The van der Waals surface area contributed by atoms with Crippen LogP contribution in [0.2, 0.25) is 0 Å². The molecule has 4 nitrogen and oxygen atoms in total. The summed E-state index contributed by atoms with van der Waals surface area (Å²) < 4.78 is 47.5. The van der Waals surface area contributed by atoms with Gasteiger partial charge in [-0.25, -0.2) is 4.39 Å². The number of carbonyl (C=O) groups excluding carboxylic acids is 1. The third-order valence-corrected chi connectivity index (χ3v) is 3.02. The number of hydrogen-bond donors (Lipinski definition) is 1. The van der Waals surface area contributed by atoms with Crippen molar-refractivity contribution in [2.75, 3.05) is 11.9 Å². The smallest absolute Gasteiger partial charge is 0.387 e. The number of anilines is 1. The molecule has 7 heteroatoms. The quantitative estimate of drug-likeness (QED) is 0.733. The Morgan fingerprint density at radius 3 is 2.42 bits per heavy atom. The van der Waals surface area contributed by atoms with E-state index in [1.54, 1.807) is 18.2 Å². The Kier molecular flexibility index (Phi) is 6.48. The fourth-order valence-corrected chi connectivity index (χ4v) is 1.96. The molecule has 0 radical (unpaired) electrons. The maximum atomic E-state index is 13.3. The lowest BCUT2D eigenvalue weighted by Crippen LogP contribution is -2.14. The van der Waals surface area contributed by atoms with Crippen LogP contribution in [0.25, 0.3) is 0 Å². The second kappa shape index (κ2) is 8.81. The van der Waals surface area contributed by atoms with E-state index >= 15 is 0 Å². The molecule has 0 atom stereocenters. The van der Waals surface area contributed by atoms with Crippen LogP contribution in [-0.2, 0) is 4.79 Å². The number of carbonyl (C=O) groups is 1. The first-order valence-corrected chi connectivity index (χ1v) is 7.27. The largest absolute Gasteiger partial charge is 0.491 e. The highest BCUT2D eigenvalue weighted by Crippen LogP contribution is 2.25. The Balaban J connectivity index is 1.79. The first kappa shape index (κ1) is 17.7. The lowest BCUT2D eigenvalue weighted by Gasteiger charge is -2.11. The predicted octanol–water partition coefficient (Wildman–Crippen LogP) is 4.22. The molecule has 0 aliphatic carbocycles. The number of benzene rings is 2. The molecule has 0 unspecified atom stereocenters. The number of hydrogen-bond acceptors (Lipinski definition) is 3. The van der Waals surface area contributed by atoms with Crippen LogP contribution < -0.4 is 14.8 Å². The van der Waals surface area contributed by atoms with E-state index in [2.05, 4.69) is 10.1 Å². The summed E-state index contributed by atoms with van der Waals surface area (Å²) in [6, 6.07) is 11.9. The molecular weight excluding hydrogens is 323 g/mol. The second-order valence-electron chi connectivity index (χ2n) is 4.81. The Hall–Kier alpha value is -2.70. The van der Waals surface area contributed by atoms with E-state index in [1.807, 2.05) is 0 Å². The lowest BCUT2D eigenvalue weighted by atomic mass is 10.2. The topological polar surface area (TPSA) is 47.6 Å². The van der Waals surface area contributed by atoms with Gasteiger partial charge in [-0.3, -0.25) is 4.79 Å². The number of ether oxygens (including phenoxy) is 2. The second-order valence-corrected chi connectivity index (χ2v) is 4.81. The summed E-state index contributed by atoms with van der Waals surface area (Å²) >= 11 is 0. The van der Waals surface area contributed by atoms with Crippen LogP contribution in [0.5, 0.6) is 11.5 Å². The summed E-state index contributed by atoms with van der Waals surface area (Å²) in [5.41, 5.74) is 0.165. The monoisotopic (exact) mass is 339 g/mol. The van der Waals surface area contributed by atoms with Gasteiger partial charge < -0.3 is 14.8 Å². The Morgan fingerprint density at radius 2 is 1.71 bits per heavy atom. The molecule has 0 saturated carbocycles. The van der Waals surface area contributed by atoms with Gasteiger partial charge in [0.2, 0.25) is 5.91 Å². The summed E-state index contributed by atoms with van der Waals surface area (Å²) in [6.07, 6.45) is 0.440. The van der Waals surface area contributed by atoms with Crippen LogP contribution in [0.1, 0.15) is 12.8 Å². The van der Waals surface area contributed by atoms with Crippen molar-refractivity contribution < 1.29 is 27.4 Å². The van der Waals surface area contributed by atoms with E-state index in [9.17, 15) is 18.0 Å². The van der Waals surface area contributed by atoms with Crippen LogP contribution in [-0.4, -0.2) is 19.1 Å². The predicted molar refractivity (Wildman–Crippen MR) is 82.8 cm³/mol. The number of alkyl halides is 2. The number of amides is 1. The highest BCUT2D eigenvalue weighted by atomic mass is 19.3. The molecule has 1 N–H and O–H groups in total. The minimum absolute atomic E-state index is 0.0947. The minimum Gasteiger partial charge on any atom is -0.491 e. The normalized spacial score (nSPS) is 10.5. The molecule has 0 heterocycles. The van der Waals surface area contributed by atoms with Gasteiger partial charge in [-0.2, -0.15) is 8.78 Å². The zero-order valence-electron chi connectivity index (χ0n) is 12.7. The van der Waals surface area contributed by atoms with Crippen LogP contribution >= 0.6 is 0 Å². The number of halogens is 3. The Labute approximate surface area is 137 Å². The fourth-order valence-electron chi connectivity index (χ4n) is 1.96. The lowest BCUT2D eigenvalue weighted by molar-refractivity contribution is -0.116. The van der Waals surface area contributed by atoms with Crippen LogP contribution in [0.15, 0.2) is 48.5 Å². The Bertz CT molecular complexity index is 680. The molecule has 24 heavy (non-hydrogen) atoms. The van der Waals surface area contributed by atoms with Crippen molar-refractivity contribution in [2.24, 2.45) is 0 Å². The molecule has 0 bridgehead atoms. The van der Waals surface area contributed by atoms with Crippen LogP contribution in [0.3, 0.4) is 0 Å². The van der Waals surface area contributed by atoms with Crippen molar-refractivity contribution in [1.29, 1.82) is 0 Å². The van der Waals surface area contributed by atoms with Crippen molar-refractivity contribution in [3.05, 3.63) is 54.3 Å². The molecule has 2 rings (SSSR count). The standard InChI is InChI=1S/C17H16F3NO3/c18-12-6-1-3-8-14(12)23-11-5-10-16(22)21-13-7-2-4-9-15(13)24-17(19)20/h1-4,6-9,17H,5,10-11H2,(H,21,22). The molecule has 2 aromatic carbocycles. The van der Waals surface area contributed by atoms with E-state index in [0.29, 0.717) is 6.42 Å². The van der Waals surface area contributed by atoms with Gasteiger partial charge in [-0.05, 0) is 30.7 Å². The molecule has 0 fully saturated rings. The van der Waals surface area contributed by atoms with Crippen molar-refractivity contribution in [2.45, 2.75) is 19.5 Å². The summed E-state index contributed by atoms with van der Waals surface area (Å²) in [4.78, 5) is 11.8. The zero-order chi connectivity index (χ0) is 17.4. The average molecular weight is 339 g/mol. The third kappa shape index (κ3) is 5.49. The molecule has 0 aromatic heterocycles. The van der Waals surface area contributed by atoms with Crippen LogP contribution in [0, 0.1) is 5.82 Å². The molecular formula is C17H16F3NO3. The van der Waals surface area contributed by atoms with Crippen molar-refractivity contribution >= 4 is 11.6 Å².